The lowest BCUT2D eigenvalue weighted by molar-refractivity contribution is -0.153. The molecule has 1 aliphatic heterocycles. The number of benzene rings is 2. The molecule has 0 saturated carbocycles. The molecule has 1 aliphatic rings. The molecule has 2 aromatic carbocycles. The molecule has 0 N–H and O–H groups in total. The van der Waals surface area contributed by atoms with Crippen molar-refractivity contribution in [3.05, 3.63) is 54.1 Å². The molecule has 7 nitrogen and oxygen atoms in total. The molecular weight excluding hydrogens is 430 g/mol. The topological polar surface area (TPSA) is 73.7 Å². The number of amides is 1. The zero-order valence-corrected chi connectivity index (χ0v) is 20.4. The maximum atomic E-state index is 13.8. The SMILES string of the molecule is CCCOc1ccc([C@@H]2[C@@H](C(=O)OCC)C(=O)N(CCC(C)C)c3nc4ccccc4n32)cc1. The van der Waals surface area contributed by atoms with E-state index < -0.39 is 17.9 Å². The Bertz CT molecular complexity index is 1150. The van der Waals surface area contributed by atoms with E-state index in [0.717, 1.165) is 35.2 Å². The maximum absolute atomic E-state index is 13.8. The molecule has 0 bridgehead atoms. The zero-order chi connectivity index (χ0) is 24.2. The number of imidazole rings is 1. The van der Waals surface area contributed by atoms with Gasteiger partial charge in [-0.25, -0.2) is 4.98 Å². The van der Waals surface area contributed by atoms with Crippen molar-refractivity contribution in [3.8, 4) is 5.75 Å². The van der Waals surface area contributed by atoms with E-state index in [1.165, 1.54) is 0 Å². The van der Waals surface area contributed by atoms with Gasteiger partial charge in [0, 0.05) is 6.54 Å². The van der Waals surface area contributed by atoms with E-state index in [4.69, 9.17) is 14.5 Å². The third-order valence-electron chi connectivity index (χ3n) is 6.11. The summed E-state index contributed by atoms with van der Waals surface area (Å²) in [4.78, 5) is 33.5. The van der Waals surface area contributed by atoms with Crippen LogP contribution >= 0.6 is 0 Å². The molecule has 0 unspecified atom stereocenters. The minimum Gasteiger partial charge on any atom is -0.494 e. The third kappa shape index (κ3) is 4.52. The summed E-state index contributed by atoms with van der Waals surface area (Å²) < 4.78 is 13.2. The van der Waals surface area contributed by atoms with Gasteiger partial charge < -0.3 is 14.0 Å². The van der Waals surface area contributed by atoms with Crippen LogP contribution in [0.4, 0.5) is 5.95 Å². The fourth-order valence-electron chi connectivity index (χ4n) is 4.43. The Kier molecular flexibility index (Phi) is 7.20. The largest absolute Gasteiger partial charge is 0.494 e. The van der Waals surface area contributed by atoms with E-state index in [1.54, 1.807) is 11.8 Å². The van der Waals surface area contributed by atoms with Crippen LogP contribution in [0.15, 0.2) is 48.5 Å². The van der Waals surface area contributed by atoms with Crippen LogP contribution in [0.1, 0.15) is 52.1 Å². The first-order valence-corrected chi connectivity index (χ1v) is 12.1. The highest BCUT2D eigenvalue weighted by molar-refractivity contribution is 6.08. The Labute approximate surface area is 200 Å². The lowest BCUT2D eigenvalue weighted by Crippen LogP contribution is -2.50. The van der Waals surface area contributed by atoms with Gasteiger partial charge in [0.05, 0.1) is 30.3 Å². The highest BCUT2D eigenvalue weighted by Gasteiger charge is 2.47. The number of hydrogen-bond donors (Lipinski definition) is 0. The molecule has 1 amide bonds. The minimum atomic E-state index is -1.00. The Hall–Kier alpha value is -3.35. The summed E-state index contributed by atoms with van der Waals surface area (Å²) in [6.45, 7) is 9.39. The van der Waals surface area contributed by atoms with Crippen molar-refractivity contribution in [2.75, 3.05) is 24.7 Å². The van der Waals surface area contributed by atoms with Gasteiger partial charge in [-0.15, -0.1) is 0 Å². The summed E-state index contributed by atoms with van der Waals surface area (Å²) in [7, 11) is 0. The van der Waals surface area contributed by atoms with Crippen LogP contribution < -0.4 is 9.64 Å². The second-order valence-corrected chi connectivity index (χ2v) is 9.03. The third-order valence-corrected chi connectivity index (χ3v) is 6.11. The number of fused-ring (bicyclic) bond motifs is 3. The monoisotopic (exact) mass is 463 g/mol. The first-order valence-electron chi connectivity index (χ1n) is 12.1. The fourth-order valence-corrected chi connectivity index (χ4v) is 4.43. The first kappa shape index (κ1) is 23.8. The minimum absolute atomic E-state index is 0.211. The van der Waals surface area contributed by atoms with Gasteiger partial charge in [-0.05, 0) is 55.5 Å². The summed E-state index contributed by atoms with van der Waals surface area (Å²) >= 11 is 0. The number of para-hydroxylation sites is 2. The Morgan fingerprint density at radius 2 is 1.82 bits per heavy atom. The number of hydrogen-bond acceptors (Lipinski definition) is 5. The summed E-state index contributed by atoms with van der Waals surface area (Å²) in [5.74, 6) is -0.0434. The quantitative estimate of drug-likeness (QED) is 0.330. The highest BCUT2D eigenvalue weighted by atomic mass is 16.5. The van der Waals surface area contributed by atoms with Gasteiger partial charge >= 0.3 is 5.97 Å². The lowest BCUT2D eigenvalue weighted by atomic mass is 9.89. The standard InChI is InChI=1S/C27H33N3O4/c1-5-17-34-20-13-11-19(12-14-20)24-23(26(32)33-6-2)25(31)29(16-15-18(3)4)27-28-21-9-7-8-10-22(21)30(24)27/h7-14,18,23-24H,5-6,15-17H2,1-4H3/t23-,24-/m1/s1. The van der Waals surface area contributed by atoms with Gasteiger partial charge in [-0.3, -0.25) is 14.5 Å². The number of aromatic nitrogens is 2. The van der Waals surface area contributed by atoms with Crippen LogP contribution in [0.2, 0.25) is 0 Å². The Morgan fingerprint density at radius 1 is 1.09 bits per heavy atom. The smallest absolute Gasteiger partial charge is 0.321 e. The van der Waals surface area contributed by atoms with Crippen molar-refractivity contribution < 1.29 is 19.1 Å². The highest BCUT2D eigenvalue weighted by Crippen LogP contribution is 2.41. The number of nitrogens with zero attached hydrogens (tertiary/aromatic N) is 3. The van der Waals surface area contributed by atoms with Crippen molar-refractivity contribution in [1.82, 2.24) is 9.55 Å². The summed E-state index contributed by atoms with van der Waals surface area (Å²) in [6.07, 6.45) is 1.72. The van der Waals surface area contributed by atoms with E-state index in [1.807, 2.05) is 53.1 Å². The maximum Gasteiger partial charge on any atom is 0.321 e. The second-order valence-electron chi connectivity index (χ2n) is 9.03. The van der Waals surface area contributed by atoms with Crippen LogP contribution in [0.25, 0.3) is 11.0 Å². The average Bonchev–Trinajstić information content (AvgIpc) is 3.21. The van der Waals surface area contributed by atoms with E-state index in [9.17, 15) is 9.59 Å². The van der Waals surface area contributed by atoms with E-state index >= 15 is 0 Å². The molecule has 34 heavy (non-hydrogen) atoms. The van der Waals surface area contributed by atoms with Crippen molar-refractivity contribution in [2.45, 2.75) is 46.6 Å². The Balaban J connectivity index is 1.88. The van der Waals surface area contributed by atoms with Gasteiger partial charge in [-0.2, -0.15) is 0 Å². The molecule has 2 heterocycles. The summed E-state index contributed by atoms with van der Waals surface area (Å²) in [5, 5.41) is 0. The number of carbonyl (C=O) groups is 2. The summed E-state index contributed by atoms with van der Waals surface area (Å²) in [5.41, 5.74) is 2.51. The van der Waals surface area contributed by atoms with E-state index in [2.05, 4.69) is 20.8 Å². The molecule has 4 rings (SSSR count). The molecule has 1 aromatic heterocycles. The fraction of sp³-hybridized carbons (Fsp3) is 0.444. The van der Waals surface area contributed by atoms with Gasteiger partial charge in [-0.1, -0.05) is 45.0 Å². The summed E-state index contributed by atoms with van der Waals surface area (Å²) in [6, 6.07) is 14.9. The van der Waals surface area contributed by atoms with Crippen LogP contribution in [0.3, 0.4) is 0 Å². The molecule has 3 aromatic rings. The van der Waals surface area contributed by atoms with Gasteiger partial charge in [0.1, 0.15) is 5.75 Å². The van der Waals surface area contributed by atoms with E-state index in [0.29, 0.717) is 25.0 Å². The number of carbonyl (C=O) groups excluding carboxylic acids is 2. The molecule has 0 aliphatic carbocycles. The number of ether oxygens (including phenoxy) is 2. The molecule has 180 valence electrons. The van der Waals surface area contributed by atoms with Crippen LogP contribution in [0.5, 0.6) is 5.75 Å². The predicted molar refractivity (Wildman–Crippen MR) is 132 cm³/mol. The molecule has 7 heteroatoms. The first-order chi connectivity index (χ1) is 16.5. The van der Waals surface area contributed by atoms with Crippen LogP contribution in [-0.4, -0.2) is 41.2 Å². The average molecular weight is 464 g/mol. The van der Waals surface area contributed by atoms with Gasteiger partial charge in [0.2, 0.25) is 11.9 Å². The zero-order valence-electron chi connectivity index (χ0n) is 20.4. The molecule has 0 radical (unpaired) electrons. The molecule has 0 saturated heterocycles. The number of rotatable bonds is 9. The number of esters is 1. The lowest BCUT2D eigenvalue weighted by Gasteiger charge is -2.38. The molecule has 0 fully saturated rings. The number of anilines is 1. The van der Waals surface area contributed by atoms with Crippen LogP contribution in [0, 0.1) is 11.8 Å². The molecular formula is C27H33N3O4. The van der Waals surface area contributed by atoms with Crippen LogP contribution in [-0.2, 0) is 14.3 Å². The van der Waals surface area contributed by atoms with E-state index in [-0.39, 0.29) is 12.5 Å². The Morgan fingerprint density at radius 3 is 2.50 bits per heavy atom. The predicted octanol–water partition coefficient (Wildman–Crippen LogP) is 4.99. The van der Waals surface area contributed by atoms with Crippen molar-refractivity contribution in [1.29, 1.82) is 0 Å². The van der Waals surface area contributed by atoms with Gasteiger partial charge in [0.25, 0.3) is 0 Å². The van der Waals surface area contributed by atoms with Gasteiger partial charge in [0.15, 0.2) is 5.92 Å². The second kappa shape index (κ2) is 10.3. The molecule has 2 atom stereocenters. The van der Waals surface area contributed by atoms with Crippen molar-refractivity contribution in [2.24, 2.45) is 11.8 Å². The molecule has 0 spiro atoms. The van der Waals surface area contributed by atoms with Crippen molar-refractivity contribution in [3.63, 3.8) is 0 Å². The van der Waals surface area contributed by atoms with Crippen molar-refractivity contribution >= 4 is 28.9 Å². The normalized spacial score (nSPS) is 17.8.